The summed E-state index contributed by atoms with van der Waals surface area (Å²) in [4.78, 5) is 11.1. The Morgan fingerprint density at radius 2 is 2.17 bits per heavy atom. The minimum Gasteiger partial charge on any atom is -0.466 e. The number of ether oxygens (including phenoxy) is 1. The molecular formula is C11H21NO5S. The van der Waals surface area contributed by atoms with Crippen molar-refractivity contribution in [2.45, 2.75) is 38.6 Å². The van der Waals surface area contributed by atoms with Crippen LogP contribution in [0.15, 0.2) is 0 Å². The highest BCUT2D eigenvalue weighted by atomic mass is 32.2. The maximum atomic E-state index is 11.8. The molecule has 7 heteroatoms. The first-order valence-electron chi connectivity index (χ1n) is 6.25. The van der Waals surface area contributed by atoms with Gasteiger partial charge in [0.1, 0.15) is 0 Å². The summed E-state index contributed by atoms with van der Waals surface area (Å²) >= 11 is 0. The second-order valence-corrected chi connectivity index (χ2v) is 6.35. The summed E-state index contributed by atoms with van der Waals surface area (Å²) in [7, 11) is -3.48. The fraction of sp³-hybridized carbons (Fsp3) is 0.909. The Morgan fingerprint density at radius 3 is 2.78 bits per heavy atom. The lowest BCUT2D eigenvalue weighted by Crippen LogP contribution is -2.40. The van der Waals surface area contributed by atoms with E-state index in [-0.39, 0.29) is 37.3 Å². The van der Waals surface area contributed by atoms with Crippen LogP contribution < -0.4 is 4.72 Å². The molecule has 0 radical (unpaired) electrons. The topological polar surface area (TPSA) is 92.7 Å². The molecule has 1 rings (SSSR count). The third-order valence-corrected chi connectivity index (χ3v) is 4.51. The second kappa shape index (κ2) is 7.06. The molecule has 0 aromatic heterocycles. The van der Waals surface area contributed by atoms with Crippen molar-refractivity contribution >= 4 is 16.0 Å². The predicted molar refractivity (Wildman–Crippen MR) is 66.4 cm³/mol. The van der Waals surface area contributed by atoms with E-state index >= 15 is 0 Å². The predicted octanol–water partition coefficient (Wildman–Crippen LogP) is 0.0200. The van der Waals surface area contributed by atoms with E-state index < -0.39 is 16.0 Å². The van der Waals surface area contributed by atoms with Crippen LogP contribution in [-0.2, 0) is 19.6 Å². The zero-order valence-corrected chi connectivity index (χ0v) is 11.4. The summed E-state index contributed by atoms with van der Waals surface area (Å²) in [5.74, 6) is -0.782. The number of hydrogen-bond acceptors (Lipinski definition) is 5. The summed E-state index contributed by atoms with van der Waals surface area (Å²) in [6.45, 7) is 1.92. The summed E-state index contributed by atoms with van der Waals surface area (Å²) in [5, 5.41) is 9.11. The van der Waals surface area contributed by atoms with Gasteiger partial charge in [-0.1, -0.05) is 6.42 Å². The van der Waals surface area contributed by atoms with Crippen LogP contribution in [0.5, 0.6) is 0 Å². The van der Waals surface area contributed by atoms with Gasteiger partial charge >= 0.3 is 5.97 Å². The maximum Gasteiger partial charge on any atom is 0.306 e. The van der Waals surface area contributed by atoms with E-state index in [4.69, 9.17) is 5.11 Å². The van der Waals surface area contributed by atoms with Crippen LogP contribution in [0.4, 0.5) is 0 Å². The molecule has 106 valence electrons. The average molecular weight is 279 g/mol. The van der Waals surface area contributed by atoms with Crippen molar-refractivity contribution in [2.75, 3.05) is 19.0 Å². The van der Waals surface area contributed by atoms with E-state index in [0.717, 1.165) is 19.3 Å². The lowest BCUT2D eigenvalue weighted by molar-refractivity contribution is -0.142. The first-order valence-corrected chi connectivity index (χ1v) is 7.90. The molecule has 0 heterocycles. The summed E-state index contributed by atoms with van der Waals surface area (Å²) in [6, 6.07) is -0.206. The Hall–Kier alpha value is -0.660. The van der Waals surface area contributed by atoms with E-state index in [0.29, 0.717) is 0 Å². The average Bonchev–Trinajstić information content (AvgIpc) is 2.73. The first kappa shape index (κ1) is 15.4. The molecule has 0 aromatic carbocycles. The van der Waals surface area contributed by atoms with Crippen LogP contribution in [0, 0.1) is 5.92 Å². The fourth-order valence-electron chi connectivity index (χ4n) is 2.15. The van der Waals surface area contributed by atoms with Crippen LogP contribution in [0.2, 0.25) is 0 Å². The van der Waals surface area contributed by atoms with Gasteiger partial charge in [0.05, 0.1) is 18.8 Å². The number of sulfonamides is 1. The summed E-state index contributed by atoms with van der Waals surface area (Å²) in [6.07, 6.45) is 2.35. The van der Waals surface area contributed by atoms with Gasteiger partial charge in [-0.3, -0.25) is 4.79 Å². The highest BCUT2D eigenvalue weighted by Crippen LogP contribution is 2.25. The van der Waals surface area contributed by atoms with Crippen molar-refractivity contribution in [1.82, 2.24) is 4.72 Å². The van der Waals surface area contributed by atoms with Crippen molar-refractivity contribution in [1.29, 1.82) is 0 Å². The molecule has 0 spiro atoms. The highest BCUT2D eigenvalue weighted by molar-refractivity contribution is 7.89. The molecule has 0 bridgehead atoms. The molecule has 0 aliphatic heterocycles. The molecule has 6 nitrogen and oxygen atoms in total. The van der Waals surface area contributed by atoms with Gasteiger partial charge in [-0.05, 0) is 25.7 Å². The zero-order chi connectivity index (χ0) is 13.6. The van der Waals surface area contributed by atoms with Gasteiger partial charge in [0, 0.05) is 12.6 Å². The van der Waals surface area contributed by atoms with Crippen LogP contribution >= 0.6 is 0 Å². The number of hydrogen-bond donors (Lipinski definition) is 2. The van der Waals surface area contributed by atoms with E-state index in [1.165, 1.54) is 0 Å². The molecule has 1 aliphatic carbocycles. The minimum atomic E-state index is -3.48. The molecule has 0 amide bonds. The molecule has 1 fully saturated rings. The van der Waals surface area contributed by atoms with Gasteiger partial charge in [-0.2, -0.15) is 0 Å². The summed E-state index contributed by atoms with van der Waals surface area (Å²) in [5.41, 5.74) is 0. The number of aliphatic hydroxyl groups is 1. The minimum absolute atomic E-state index is 0.00887. The van der Waals surface area contributed by atoms with Gasteiger partial charge < -0.3 is 9.84 Å². The smallest absolute Gasteiger partial charge is 0.306 e. The fourth-order valence-corrected chi connectivity index (χ4v) is 3.48. The molecule has 0 saturated heterocycles. The van der Waals surface area contributed by atoms with Gasteiger partial charge in [-0.25, -0.2) is 13.1 Å². The summed E-state index contributed by atoms with van der Waals surface area (Å²) < 4.78 is 30.7. The number of esters is 1. The van der Waals surface area contributed by atoms with Crippen molar-refractivity contribution in [3.05, 3.63) is 0 Å². The Morgan fingerprint density at radius 1 is 1.44 bits per heavy atom. The lowest BCUT2D eigenvalue weighted by atomic mass is 10.1. The molecule has 0 aromatic rings. The molecule has 2 atom stereocenters. The van der Waals surface area contributed by atoms with Crippen LogP contribution in [-0.4, -0.2) is 44.5 Å². The SMILES string of the molecule is CCOC(=O)CCS(=O)(=O)NC1CCCC1CO. The number of aliphatic hydroxyl groups excluding tert-OH is 1. The van der Waals surface area contributed by atoms with Crippen LogP contribution in [0.3, 0.4) is 0 Å². The number of carbonyl (C=O) groups is 1. The lowest BCUT2D eigenvalue weighted by Gasteiger charge is -2.18. The second-order valence-electron chi connectivity index (χ2n) is 4.47. The third-order valence-electron chi connectivity index (χ3n) is 3.10. The third kappa shape index (κ3) is 4.91. The van der Waals surface area contributed by atoms with Crippen molar-refractivity contribution in [3.8, 4) is 0 Å². The number of rotatable bonds is 7. The normalized spacial score (nSPS) is 24.1. The van der Waals surface area contributed by atoms with Gasteiger partial charge in [0.2, 0.25) is 10.0 Å². The Labute approximate surface area is 108 Å². The molecule has 1 saturated carbocycles. The van der Waals surface area contributed by atoms with Gasteiger partial charge in [0.15, 0.2) is 0 Å². The zero-order valence-electron chi connectivity index (χ0n) is 10.6. The van der Waals surface area contributed by atoms with Crippen molar-refractivity contribution in [2.24, 2.45) is 5.92 Å². The van der Waals surface area contributed by atoms with Gasteiger partial charge in [-0.15, -0.1) is 0 Å². The maximum absolute atomic E-state index is 11.8. The van der Waals surface area contributed by atoms with Crippen LogP contribution in [0.25, 0.3) is 0 Å². The molecule has 2 N–H and O–H groups in total. The van der Waals surface area contributed by atoms with Crippen LogP contribution in [0.1, 0.15) is 32.6 Å². The van der Waals surface area contributed by atoms with Gasteiger partial charge in [0.25, 0.3) is 0 Å². The Kier molecular flexibility index (Phi) is 6.04. The number of nitrogens with one attached hydrogen (secondary N) is 1. The van der Waals surface area contributed by atoms with E-state index in [1.807, 2.05) is 0 Å². The highest BCUT2D eigenvalue weighted by Gasteiger charge is 2.30. The largest absolute Gasteiger partial charge is 0.466 e. The molecule has 18 heavy (non-hydrogen) atoms. The molecule has 2 unspecified atom stereocenters. The molecule has 1 aliphatic rings. The Balaban J connectivity index is 2.42. The van der Waals surface area contributed by atoms with Crippen molar-refractivity contribution < 1.29 is 23.1 Å². The van der Waals surface area contributed by atoms with E-state index in [9.17, 15) is 13.2 Å². The first-order chi connectivity index (χ1) is 8.48. The van der Waals surface area contributed by atoms with E-state index in [1.54, 1.807) is 6.92 Å². The Bertz CT molecular complexity index is 368. The molecular weight excluding hydrogens is 258 g/mol. The quantitative estimate of drug-likeness (QED) is 0.641. The van der Waals surface area contributed by atoms with E-state index in [2.05, 4.69) is 9.46 Å². The monoisotopic (exact) mass is 279 g/mol. The number of carbonyl (C=O) groups excluding carboxylic acids is 1. The standard InChI is InChI=1S/C11H21NO5S/c1-2-17-11(14)6-7-18(15,16)12-10-5-3-4-9(10)8-13/h9-10,12-13H,2-8H2,1H3. The van der Waals surface area contributed by atoms with Crippen molar-refractivity contribution in [3.63, 3.8) is 0 Å².